The van der Waals surface area contributed by atoms with E-state index in [0.717, 1.165) is 41.5 Å². The third-order valence-electron chi connectivity index (χ3n) is 20.9. The van der Waals surface area contributed by atoms with E-state index in [1.54, 1.807) is 55.5 Å². The summed E-state index contributed by atoms with van der Waals surface area (Å²) in [6, 6.07) is 21.4. The summed E-state index contributed by atoms with van der Waals surface area (Å²) in [7, 11) is 0. The minimum Gasteiger partial charge on any atom is -0.461 e. The summed E-state index contributed by atoms with van der Waals surface area (Å²) >= 11 is 0. The second-order valence-corrected chi connectivity index (χ2v) is 27.4. The van der Waals surface area contributed by atoms with Gasteiger partial charge in [-0.1, -0.05) is 145 Å². The van der Waals surface area contributed by atoms with Gasteiger partial charge in [0.15, 0.2) is 24.8 Å². The third-order valence-corrected chi connectivity index (χ3v) is 20.9. The number of alkyl carbamates (subject to hydrolysis) is 3. The Balaban J connectivity index is 0.880. The number of aliphatic hydroxyl groups excluding tert-OH is 2. The lowest BCUT2D eigenvalue weighted by atomic mass is 9.46. The number of amides is 3. The number of hydrogen-bond donors (Lipinski definition) is 6. The fourth-order valence-corrected chi connectivity index (χ4v) is 15.4. The molecule has 3 saturated carbocycles. The monoisotopic (exact) mass is 1300 g/mol. The van der Waals surface area contributed by atoms with Crippen molar-refractivity contribution in [3.8, 4) is 0 Å². The average molecular weight is 1300 g/mol. The molecule has 2 aliphatic heterocycles. The molecule has 0 aromatic heterocycles. The van der Waals surface area contributed by atoms with Crippen molar-refractivity contribution >= 4 is 36.0 Å². The van der Waals surface area contributed by atoms with E-state index >= 15 is 0 Å². The number of benzene rings is 3. The highest BCUT2D eigenvalue weighted by molar-refractivity contribution is 5.89. The average Bonchev–Trinajstić information content (AvgIpc) is 1.48. The van der Waals surface area contributed by atoms with Crippen molar-refractivity contribution in [3.05, 3.63) is 143 Å². The number of esters is 2. The summed E-state index contributed by atoms with van der Waals surface area (Å²) in [6.45, 7) is 21.3. The second kappa shape index (κ2) is 31.7. The maximum Gasteiger partial charge on any atom is 0.407 e. The smallest absolute Gasteiger partial charge is 0.407 e. The Morgan fingerprint density at radius 3 is 1.89 bits per heavy atom. The molecule has 9 rings (SSSR count). The zero-order chi connectivity index (χ0) is 67.5. The van der Waals surface area contributed by atoms with Crippen molar-refractivity contribution in [2.75, 3.05) is 26.4 Å². The molecule has 94 heavy (non-hydrogen) atoms. The quantitative estimate of drug-likeness (QED) is 0.0248. The SMILES string of the molecule is C=CCOC(=O)CCc1ccc(CNC(=O)O[C@H]2CC[C@@]3(C)C(=CC[C@@H]4C3CC[C@@]3(C)[C@H]4C[C@H](OC4OCC(O)C(OC5OCC(O)C(OC(=O)NCc6ccc(CNC(=O)OCC=C)cc6)C5OC(=O)c5ccc(C)cc5)C4C)[C@]3(O)[C@H](C)C(=O)CCC(C)C)C2)cc1. The number of nitrogens with one attached hydrogen (secondary N) is 3. The highest BCUT2D eigenvalue weighted by Gasteiger charge is 2.70. The van der Waals surface area contributed by atoms with Gasteiger partial charge in [0.25, 0.3) is 0 Å². The van der Waals surface area contributed by atoms with Crippen molar-refractivity contribution in [1.29, 1.82) is 0 Å². The van der Waals surface area contributed by atoms with Crippen LogP contribution in [0, 0.1) is 53.3 Å². The van der Waals surface area contributed by atoms with Gasteiger partial charge >= 0.3 is 30.2 Å². The zero-order valence-corrected chi connectivity index (χ0v) is 55.4. The molecule has 5 fully saturated rings. The molecule has 2 saturated heterocycles. The van der Waals surface area contributed by atoms with Gasteiger partial charge < -0.3 is 73.9 Å². The van der Waals surface area contributed by atoms with E-state index in [-0.39, 0.29) is 98.4 Å². The molecule has 512 valence electrons. The van der Waals surface area contributed by atoms with Crippen molar-refractivity contribution in [3.63, 3.8) is 0 Å². The van der Waals surface area contributed by atoms with Crippen LogP contribution in [-0.2, 0) is 78.3 Å². The van der Waals surface area contributed by atoms with Crippen LogP contribution >= 0.6 is 0 Å². The lowest BCUT2D eigenvalue weighted by Crippen LogP contribution is -2.63. The summed E-state index contributed by atoms with van der Waals surface area (Å²) in [4.78, 5) is 79.3. The number of Topliss-reactive ketones (excluding diaryl/α,β-unsaturated/α-hetero) is 1. The predicted octanol–water partition coefficient (Wildman–Crippen LogP) is 9.97. The van der Waals surface area contributed by atoms with Gasteiger partial charge in [0, 0.05) is 56.1 Å². The maximum absolute atomic E-state index is 14.5. The van der Waals surface area contributed by atoms with Crippen molar-refractivity contribution < 1.29 is 86.7 Å². The molecule has 0 bridgehead atoms. The zero-order valence-electron chi connectivity index (χ0n) is 55.4. The van der Waals surface area contributed by atoms with Gasteiger partial charge in [-0.05, 0) is 122 Å². The summed E-state index contributed by atoms with van der Waals surface area (Å²) < 4.78 is 54.3. The van der Waals surface area contributed by atoms with Crippen LogP contribution in [0.5, 0.6) is 0 Å². The first-order valence-corrected chi connectivity index (χ1v) is 33.4. The highest BCUT2D eigenvalue weighted by Crippen LogP contribution is 2.69. The highest BCUT2D eigenvalue weighted by atomic mass is 16.7. The number of aryl methyl sites for hydroxylation is 2. The molecule has 3 aromatic rings. The van der Waals surface area contributed by atoms with Gasteiger partial charge in [0.2, 0.25) is 0 Å². The summed E-state index contributed by atoms with van der Waals surface area (Å²) in [6.07, 6.45) is -1.04. The van der Waals surface area contributed by atoms with Gasteiger partial charge in [0.05, 0.1) is 31.0 Å². The predicted molar refractivity (Wildman–Crippen MR) is 346 cm³/mol. The van der Waals surface area contributed by atoms with E-state index in [2.05, 4.69) is 62.9 Å². The lowest BCUT2D eigenvalue weighted by Gasteiger charge is -2.59. The van der Waals surface area contributed by atoms with Crippen LogP contribution in [0.2, 0.25) is 0 Å². The molecule has 6 N–H and O–H groups in total. The number of carbonyl (C=O) groups excluding carboxylic acids is 6. The number of rotatable bonds is 26. The molecule has 21 nitrogen and oxygen atoms in total. The number of ether oxygens (including phenoxy) is 9. The molecule has 3 amide bonds. The molecular weight excluding hydrogens is 1210 g/mol. The van der Waals surface area contributed by atoms with Gasteiger partial charge in [0.1, 0.15) is 42.9 Å². The number of aliphatic hydroxyl groups is 3. The van der Waals surface area contributed by atoms with Crippen LogP contribution in [0.4, 0.5) is 14.4 Å². The molecule has 2 heterocycles. The molecule has 17 atom stereocenters. The first kappa shape index (κ1) is 71.3. The van der Waals surface area contributed by atoms with Crippen LogP contribution in [-0.4, -0.2) is 139 Å². The van der Waals surface area contributed by atoms with E-state index in [1.807, 2.05) is 38.1 Å². The van der Waals surface area contributed by atoms with Crippen molar-refractivity contribution in [2.45, 2.75) is 200 Å². The third kappa shape index (κ3) is 16.6. The topological polar surface area (TPSA) is 282 Å². The summed E-state index contributed by atoms with van der Waals surface area (Å²) in [5.74, 6) is -2.20. The van der Waals surface area contributed by atoms with Crippen LogP contribution in [0.25, 0.3) is 0 Å². The molecule has 3 aromatic carbocycles. The summed E-state index contributed by atoms with van der Waals surface area (Å²) in [5, 5.41) is 45.3. The first-order valence-electron chi connectivity index (χ1n) is 33.4. The normalized spacial score (nSPS) is 31.4. The van der Waals surface area contributed by atoms with Crippen LogP contribution in [0.1, 0.15) is 144 Å². The molecular formula is C73H97N3O18. The lowest BCUT2D eigenvalue weighted by molar-refractivity contribution is -0.333. The fraction of sp³-hybridized carbons (Fsp3) is 0.589. The number of hydrogen-bond acceptors (Lipinski definition) is 18. The fourth-order valence-electron chi connectivity index (χ4n) is 15.4. The number of fused-ring (bicyclic) bond motifs is 5. The van der Waals surface area contributed by atoms with Gasteiger partial charge in [-0.25, -0.2) is 19.2 Å². The van der Waals surface area contributed by atoms with Crippen LogP contribution in [0.15, 0.2) is 110 Å². The molecule has 4 aliphatic carbocycles. The Morgan fingerprint density at radius 2 is 1.27 bits per heavy atom. The maximum atomic E-state index is 14.5. The molecule has 9 unspecified atom stereocenters. The number of carbonyl (C=O) groups is 6. The molecule has 21 heteroatoms. The summed E-state index contributed by atoms with van der Waals surface area (Å²) in [5.41, 5.74) is 3.07. The largest absolute Gasteiger partial charge is 0.461 e. The van der Waals surface area contributed by atoms with E-state index < -0.39 is 103 Å². The Bertz CT molecular complexity index is 3160. The Morgan fingerprint density at radius 1 is 0.681 bits per heavy atom. The minimum atomic E-state index is -1.65. The molecule has 0 spiro atoms. The van der Waals surface area contributed by atoms with Gasteiger partial charge in [-0.3, -0.25) is 9.59 Å². The van der Waals surface area contributed by atoms with Crippen LogP contribution < -0.4 is 16.0 Å². The standard InChI is InChI=1S/C73H97N3O18/c1-10-34-86-61(80)29-23-47-15-17-48(18-16-47)39-75-69(83)90-53-30-32-71(8)52(36-53)26-27-54-55(71)31-33-72(9)56(54)37-60(73(72,85)46(7)57(77)28-12-43(3)4)91-66-45(6)62(58(78)41-88-66)93-67-64(92-65(81)51-24-13-44(5)14-25-51)63(59(79)42-89-67)94-70(84)76-40-50-21-19-49(20-22-50)38-74-68(82)87-35-11-2/h10-11,13-22,24-26,43,45-46,53-56,58-60,62-64,66-67,78-79,85H,1-2,12,23,27-42H2,3-9H3,(H,74,82)(H,75,83)(H,76,84)/t45?,46-,53+,54-,55?,56+,58?,59?,60+,62?,63?,64?,66?,67?,71+,72+,73-/m1/s1. The Labute approximate surface area is 552 Å². The minimum absolute atomic E-state index is 0.00831. The van der Waals surface area contributed by atoms with Gasteiger partial charge in [-0.15, -0.1) is 0 Å². The van der Waals surface area contributed by atoms with Crippen molar-refractivity contribution in [1.82, 2.24) is 16.0 Å². The van der Waals surface area contributed by atoms with E-state index in [9.17, 15) is 44.1 Å². The molecule has 0 radical (unpaired) electrons. The Kier molecular flexibility index (Phi) is 24.1. The van der Waals surface area contributed by atoms with Gasteiger partial charge in [-0.2, -0.15) is 0 Å². The van der Waals surface area contributed by atoms with Crippen molar-refractivity contribution in [2.24, 2.45) is 46.3 Å². The second-order valence-electron chi connectivity index (χ2n) is 27.4. The first-order chi connectivity index (χ1) is 44.9. The molecule has 6 aliphatic rings. The van der Waals surface area contributed by atoms with E-state index in [1.165, 1.54) is 17.7 Å². The van der Waals surface area contributed by atoms with E-state index in [0.29, 0.717) is 50.5 Å². The Hall–Kier alpha value is -6.98. The van der Waals surface area contributed by atoms with E-state index in [4.69, 9.17) is 42.6 Å². The number of allylic oxidation sites excluding steroid dienone is 1. The van der Waals surface area contributed by atoms with Crippen LogP contribution in [0.3, 0.4) is 0 Å². The number of ketones is 1.